The van der Waals surface area contributed by atoms with E-state index < -0.39 is 0 Å². The number of aromatic nitrogens is 2. The molecule has 2 fully saturated rings. The molecule has 0 atom stereocenters. The average molecular weight is 393 g/mol. The van der Waals surface area contributed by atoms with Gasteiger partial charge in [-0.25, -0.2) is 4.98 Å². The molecule has 0 N–H and O–H groups in total. The van der Waals surface area contributed by atoms with Crippen LogP contribution >= 0.6 is 0 Å². The third-order valence-corrected chi connectivity index (χ3v) is 5.53. The fourth-order valence-corrected chi connectivity index (χ4v) is 3.72. The van der Waals surface area contributed by atoms with Crippen molar-refractivity contribution in [3.63, 3.8) is 0 Å². The van der Waals surface area contributed by atoms with E-state index in [2.05, 4.69) is 14.9 Å². The van der Waals surface area contributed by atoms with E-state index in [0.717, 1.165) is 18.8 Å². The molecule has 0 radical (unpaired) electrons. The summed E-state index contributed by atoms with van der Waals surface area (Å²) in [6, 6.07) is 7.59. The summed E-state index contributed by atoms with van der Waals surface area (Å²) in [6.07, 6.45) is 4.46. The van der Waals surface area contributed by atoms with E-state index in [-0.39, 0.29) is 23.5 Å². The normalized spacial score (nSPS) is 17.1. The van der Waals surface area contributed by atoms with Crippen LogP contribution in [-0.4, -0.2) is 76.6 Å². The maximum absolute atomic E-state index is 12.8. The number of carbonyl (C=O) groups excluding carboxylic acids is 3. The van der Waals surface area contributed by atoms with Crippen LogP contribution in [0.1, 0.15) is 27.8 Å². The number of likely N-dealkylation sites (tertiary alicyclic amines) is 1. The summed E-state index contributed by atoms with van der Waals surface area (Å²) in [4.78, 5) is 50.1. The van der Waals surface area contributed by atoms with Crippen molar-refractivity contribution in [2.75, 3.05) is 44.2 Å². The molecule has 0 bridgehead atoms. The number of carbonyl (C=O) groups is 3. The molecular formula is C21H23N5O3. The lowest BCUT2D eigenvalue weighted by Gasteiger charge is -2.43. The molecule has 29 heavy (non-hydrogen) atoms. The molecule has 8 nitrogen and oxygen atoms in total. The third kappa shape index (κ3) is 3.96. The average Bonchev–Trinajstić information content (AvgIpc) is 2.73. The number of rotatable bonds is 4. The fraction of sp³-hybridized carbons (Fsp3) is 0.381. The van der Waals surface area contributed by atoms with Crippen molar-refractivity contribution in [1.82, 2.24) is 19.8 Å². The second-order valence-electron chi connectivity index (χ2n) is 7.41. The van der Waals surface area contributed by atoms with Crippen LogP contribution < -0.4 is 4.90 Å². The van der Waals surface area contributed by atoms with Crippen molar-refractivity contribution in [1.29, 1.82) is 0 Å². The molecule has 2 aromatic rings. The molecular weight excluding hydrogens is 370 g/mol. The first-order valence-corrected chi connectivity index (χ1v) is 9.73. The van der Waals surface area contributed by atoms with Gasteiger partial charge in [-0.05, 0) is 31.2 Å². The van der Waals surface area contributed by atoms with Crippen LogP contribution in [0.3, 0.4) is 0 Å². The Kier molecular flexibility index (Phi) is 5.24. The number of anilines is 1. The van der Waals surface area contributed by atoms with Gasteiger partial charge in [0.05, 0.1) is 12.1 Å². The summed E-state index contributed by atoms with van der Waals surface area (Å²) in [7, 11) is 0. The van der Waals surface area contributed by atoms with Crippen molar-refractivity contribution in [2.45, 2.75) is 6.92 Å². The number of benzene rings is 1. The zero-order valence-corrected chi connectivity index (χ0v) is 16.3. The number of nitrogens with zero attached hydrogens (tertiary/aromatic N) is 5. The molecule has 1 aromatic heterocycles. The van der Waals surface area contributed by atoms with Crippen LogP contribution in [0.5, 0.6) is 0 Å². The highest BCUT2D eigenvalue weighted by molar-refractivity contribution is 5.95. The van der Waals surface area contributed by atoms with Gasteiger partial charge in [0.1, 0.15) is 5.69 Å². The smallest absolute Gasteiger partial charge is 0.274 e. The summed E-state index contributed by atoms with van der Waals surface area (Å²) in [5, 5.41) is 0. The summed E-state index contributed by atoms with van der Waals surface area (Å²) in [6.45, 7) is 5.23. The second-order valence-corrected chi connectivity index (χ2v) is 7.41. The second kappa shape index (κ2) is 7.98. The first-order valence-electron chi connectivity index (χ1n) is 9.73. The zero-order valence-electron chi connectivity index (χ0n) is 16.3. The molecule has 8 heteroatoms. The molecule has 3 heterocycles. The number of hydrogen-bond donors (Lipinski definition) is 0. The molecule has 0 spiro atoms. The van der Waals surface area contributed by atoms with Crippen molar-refractivity contribution in [3.8, 4) is 0 Å². The van der Waals surface area contributed by atoms with Gasteiger partial charge < -0.3 is 14.7 Å². The summed E-state index contributed by atoms with van der Waals surface area (Å²) in [5.74, 6) is -0.155. The summed E-state index contributed by atoms with van der Waals surface area (Å²) in [5.41, 5.74) is 2.07. The lowest BCUT2D eigenvalue weighted by atomic mass is 9.97. The first kappa shape index (κ1) is 19.0. The van der Waals surface area contributed by atoms with Crippen LogP contribution in [0, 0.1) is 5.92 Å². The molecule has 2 aliphatic rings. The Morgan fingerprint density at radius 2 is 1.62 bits per heavy atom. The van der Waals surface area contributed by atoms with Crippen molar-refractivity contribution in [3.05, 3.63) is 54.1 Å². The van der Waals surface area contributed by atoms with Gasteiger partial charge >= 0.3 is 0 Å². The number of Topliss-reactive ketones (excluding diaryl/α,β-unsaturated/α-hetero) is 1. The highest BCUT2D eigenvalue weighted by atomic mass is 16.2. The standard InChI is InChI=1S/C21H23N5O3/c1-15(27)16-2-4-18(5-3-16)24-8-10-25(11-9-24)20(28)17-13-26(14-17)21(29)19-12-22-6-7-23-19/h2-7,12,17H,8-11,13-14H2,1H3. The molecule has 1 aromatic carbocycles. The molecule has 0 unspecified atom stereocenters. The van der Waals surface area contributed by atoms with E-state index in [4.69, 9.17) is 0 Å². The van der Waals surface area contributed by atoms with Crippen molar-refractivity contribution < 1.29 is 14.4 Å². The van der Waals surface area contributed by atoms with Crippen LogP contribution in [0.25, 0.3) is 0 Å². The molecule has 0 aliphatic carbocycles. The Morgan fingerprint density at radius 3 is 2.21 bits per heavy atom. The molecule has 2 amide bonds. The summed E-state index contributed by atoms with van der Waals surface area (Å²) >= 11 is 0. The van der Waals surface area contributed by atoms with Crippen LogP contribution in [0.15, 0.2) is 42.9 Å². The number of piperazine rings is 1. The maximum Gasteiger partial charge on any atom is 0.274 e. The van der Waals surface area contributed by atoms with Crippen molar-refractivity contribution >= 4 is 23.3 Å². The fourth-order valence-electron chi connectivity index (χ4n) is 3.72. The SMILES string of the molecule is CC(=O)c1ccc(N2CCN(C(=O)C3CN(C(=O)c4cnccn4)C3)CC2)cc1. The van der Waals surface area contributed by atoms with E-state index >= 15 is 0 Å². The maximum atomic E-state index is 12.8. The number of hydrogen-bond acceptors (Lipinski definition) is 6. The Morgan fingerprint density at radius 1 is 0.931 bits per heavy atom. The lowest BCUT2D eigenvalue weighted by Crippen LogP contribution is -2.59. The Bertz CT molecular complexity index is 902. The van der Waals surface area contributed by atoms with E-state index in [1.165, 1.54) is 18.6 Å². The van der Waals surface area contributed by atoms with Crippen LogP contribution in [0.2, 0.25) is 0 Å². The zero-order chi connectivity index (χ0) is 20.4. The van der Waals surface area contributed by atoms with Crippen LogP contribution in [-0.2, 0) is 4.79 Å². The summed E-state index contributed by atoms with van der Waals surface area (Å²) < 4.78 is 0. The lowest BCUT2D eigenvalue weighted by molar-refractivity contribution is -0.140. The predicted molar refractivity (Wildman–Crippen MR) is 107 cm³/mol. The third-order valence-electron chi connectivity index (χ3n) is 5.53. The number of amides is 2. The molecule has 0 saturated carbocycles. The van der Waals surface area contributed by atoms with Gasteiger partial charge in [0.25, 0.3) is 5.91 Å². The molecule has 4 rings (SSSR count). The largest absolute Gasteiger partial charge is 0.368 e. The van der Waals surface area contributed by atoms with E-state index in [1.807, 2.05) is 29.2 Å². The minimum absolute atomic E-state index is 0.0549. The van der Waals surface area contributed by atoms with Gasteiger partial charge in [0.2, 0.25) is 5.91 Å². The monoisotopic (exact) mass is 393 g/mol. The quantitative estimate of drug-likeness (QED) is 0.723. The van der Waals surface area contributed by atoms with E-state index in [1.54, 1.807) is 11.8 Å². The van der Waals surface area contributed by atoms with Crippen LogP contribution in [0.4, 0.5) is 5.69 Å². The Labute approximate surface area is 169 Å². The number of ketones is 1. The first-order chi connectivity index (χ1) is 14.0. The van der Waals surface area contributed by atoms with Gasteiger partial charge in [-0.2, -0.15) is 0 Å². The van der Waals surface area contributed by atoms with Gasteiger partial charge in [-0.15, -0.1) is 0 Å². The predicted octanol–water partition coefficient (Wildman–Crippen LogP) is 1.10. The highest BCUT2D eigenvalue weighted by Crippen LogP contribution is 2.22. The van der Waals surface area contributed by atoms with Gasteiger partial charge in [-0.1, -0.05) is 0 Å². The van der Waals surface area contributed by atoms with E-state index in [0.29, 0.717) is 37.4 Å². The molecule has 2 saturated heterocycles. The van der Waals surface area contributed by atoms with Gasteiger partial charge in [0.15, 0.2) is 5.78 Å². The Hall–Kier alpha value is -3.29. The minimum atomic E-state index is -0.180. The Balaban J connectivity index is 1.27. The highest BCUT2D eigenvalue weighted by Gasteiger charge is 2.39. The van der Waals surface area contributed by atoms with Crippen molar-refractivity contribution in [2.24, 2.45) is 5.92 Å². The van der Waals surface area contributed by atoms with Gasteiger partial charge in [-0.3, -0.25) is 19.4 Å². The molecule has 150 valence electrons. The van der Waals surface area contributed by atoms with Gasteiger partial charge in [0, 0.05) is 62.9 Å². The molecule has 2 aliphatic heterocycles. The minimum Gasteiger partial charge on any atom is -0.368 e. The topological polar surface area (TPSA) is 86.7 Å². The van der Waals surface area contributed by atoms with E-state index in [9.17, 15) is 14.4 Å².